The van der Waals surface area contributed by atoms with Gasteiger partial charge in [-0.15, -0.1) is 0 Å². The van der Waals surface area contributed by atoms with E-state index in [9.17, 15) is 9.59 Å². The van der Waals surface area contributed by atoms with Crippen molar-refractivity contribution in [3.05, 3.63) is 23.9 Å². The molecule has 0 aromatic carbocycles. The standard InChI is InChI=1S/C14H20N4O2/c1-11(19)17-6-8-18(9-7-17)14-10-12(4-5-16-14)2-3-13(15)20/h4-5,10H,2-3,6-9H2,1H3,(H2,15,20). The van der Waals surface area contributed by atoms with Crippen LogP contribution in [0.1, 0.15) is 18.9 Å². The Labute approximate surface area is 118 Å². The first-order chi connectivity index (χ1) is 9.56. The molecule has 1 aromatic rings. The number of carbonyl (C=O) groups is 2. The number of carbonyl (C=O) groups excluding carboxylic acids is 2. The van der Waals surface area contributed by atoms with Crippen LogP contribution < -0.4 is 10.6 Å². The molecule has 1 saturated heterocycles. The first-order valence-corrected chi connectivity index (χ1v) is 6.80. The maximum atomic E-state index is 11.3. The Morgan fingerprint density at radius 1 is 1.30 bits per heavy atom. The van der Waals surface area contributed by atoms with E-state index in [0.717, 1.165) is 37.6 Å². The third kappa shape index (κ3) is 3.69. The van der Waals surface area contributed by atoms with E-state index in [4.69, 9.17) is 5.73 Å². The summed E-state index contributed by atoms with van der Waals surface area (Å²) in [7, 11) is 0. The van der Waals surface area contributed by atoms with Crippen molar-refractivity contribution in [2.75, 3.05) is 31.1 Å². The molecule has 2 rings (SSSR count). The molecule has 2 heterocycles. The van der Waals surface area contributed by atoms with Gasteiger partial charge in [-0.1, -0.05) is 0 Å². The van der Waals surface area contributed by atoms with Crippen LogP contribution in [0.15, 0.2) is 18.3 Å². The van der Waals surface area contributed by atoms with Gasteiger partial charge in [0.15, 0.2) is 0 Å². The third-order valence-corrected chi connectivity index (χ3v) is 3.52. The second-order valence-electron chi connectivity index (χ2n) is 4.98. The lowest BCUT2D eigenvalue weighted by Crippen LogP contribution is -2.48. The lowest BCUT2D eigenvalue weighted by Gasteiger charge is -2.35. The highest BCUT2D eigenvalue weighted by Crippen LogP contribution is 2.16. The molecule has 1 fully saturated rings. The number of anilines is 1. The quantitative estimate of drug-likeness (QED) is 0.850. The van der Waals surface area contributed by atoms with Crippen LogP contribution in [-0.4, -0.2) is 47.9 Å². The summed E-state index contributed by atoms with van der Waals surface area (Å²) in [5.74, 6) is 0.724. The molecule has 6 nitrogen and oxygen atoms in total. The number of nitrogens with two attached hydrogens (primary N) is 1. The van der Waals surface area contributed by atoms with Crippen LogP contribution in [-0.2, 0) is 16.0 Å². The van der Waals surface area contributed by atoms with Gasteiger partial charge in [0.2, 0.25) is 11.8 Å². The van der Waals surface area contributed by atoms with Gasteiger partial charge in [0.05, 0.1) is 0 Å². The Hall–Kier alpha value is -2.11. The highest BCUT2D eigenvalue weighted by molar-refractivity contribution is 5.74. The fourth-order valence-electron chi connectivity index (χ4n) is 2.31. The maximum absolute atomic E-state index is 11.3. The number of pyridine rings is 1. The lowest BCUT2D eigenvalue weighted by atomic mass is 10.1. The summed E-state index contributed by atoms with van der Waals surface area (Å²) < 4.78 is 0. The van der Waals surface area contributed by atoms with Crippen LogP contribution in [0.5, 0.6) is 0 Å². The first-order valence-electron chi connectivity index (χ1n) is 6.80. The minimum absolute atomic E-state index is 0.118. The lowest BCUT2D eigenvalue weighted by molar-refractivity contribution is -0.129. The molecule has 2 N–H and O–H groups in total. The highest BCUT2D eigenvalue weighted by atomic mass is 16.2. The summed E-state index contributed by atoms with van der Waals surface area (Å²) in [5, 5.41) is 0. The van der Waals surface area contributed by atoms with Crippen LogP contribution in [0.25, 0.3) is 0 Å². The van der Waals surface area contributed by atoms with Crippen LogP contribution >= 0.6 is 0 Å². The molecule has 0 radical (unpaired) electrons. The Bertz CT molecular complexity index is 496. The van der Waals surface area contributed by atoms with Gasteiger partial charge in [-0.3, -0.25) is 9.59 Å². The zero-order valence-electron chi connectivity index (χ0n) is 11.7. The Kier molecular flexibility index (Phi) is 4.55. The minimum atomic E-state index is -0.293. The van der Waals surface area contributed by atoms with Gasteiger partial charge in [-0.2, -0.15) is 0 Å². The predicted octanol–water partition coefficient (Wildman–Crippen LogP) is 0.168. The maximum Gasteiger partial charge on any atom is 0.219 e. The van der Waals surface area contributed by atoms with Gasteiger partial charge in [0.25, 0.3) is 0 Å². The molecular weight excluding hydrogens is 256 g/mol. The highest BCUT2D eigenvalue weighted by Gasteiger charge is 2.19. The van der Waals surface area contributed by atoms with E-state index in [1.54, 1.807) is 13.1 Å². The number of rotatable bonds is 4. The summed E-state index contributed by atoms with van der Waals surface area (Å²) in [5.41, 5.74) is 6.22. The van der Waals surface area contributed by atoms with E-state index in [-0.39, 0.29) is 11.8 Å². The van der Waals surface area contributed by atoms with Gasteiger partial charge < -0.3 is 15.5 Å². The van der Waals surface area contributed by atoms with Gasteiger partial charge >= 0.3 is 0 Å². The van der Waals surface area contributed by atoms with Gasteiger partial charge in [-0.05, 0) is 24.1 Å². The van der Waals surface area contributed by atoms with Crippen LogP contribution in [0.3, 0.4) is 0 Å². The summed E-state index contributed by atoms with van der Waals surface area (Å²) in [4.78, 5) is 30.5. The van der Waals surface area contributed by atoms with Gasteiger partial charge in [0.1, 0.15) is 5.82 Å². The third-order valence-electron chi connectivity index (χ3n) is 3.52. The van der Waals surface area contributed by atoms with Crippen molar-refractivity contribution >= 4 is 17.6 Å². The normalized spacial score (nSPS) is 15.2. The SMILES string of the molecule is CC(=O)N1CCN(c2cc(CCC(N)=O)ccn2)CC1. The smallest absolute Gasteiger partial charge is 0.219 e. The molecule has 1 aliphatic rings. The summed E-state index contributed by atoms with van der Waals surface area (Å²) in [6.07, 6.45) is 2.74. The van der Waals surface area contributed by atoms with Gasteiger partial charge in [-0.25, -0.2) is 4.98 Å². The average molecular weight is 276 g/mol. The number of hydrogen-bond donors (Lipinski definition) is 1. The van der Waals surface area contributed by atoms with Crippen molar-refractivity contribution in [3.8, 4) is 0 Å². The fourth-order valence-corrected chi connectivity index (χ4v) is 2.31. The van der Waals surface area contributed by atoms with Crippen LogP contribution in [0.4, 0.5) is 5.82 Å². The molecule has 108 valence electrons. The number of piperazine rings is 1. The molecule has 0 aliphatic carbocycles. The monoisotopic (exact) mass is 276 g/mol. The molecule has 0 spiro atoms. The molecule has 0 saturated carbocycles. The Morgan fingerprint density at radius 3 is 2.60 bits per heavy atom. The van der Waals surface area contributed by atoms with Gasteiger partial charge in [0, 0.05) is 45.7 Å². The summed E-state index contributed by atoms with van der Waals surface area (Å²) in [6.45, 7) is 4.61. The topological polar surface area (TPSA) is 79.5 Å². The molecule has 0 unspecified atom stereocenters. The second kappa shape index (κ2) is 6.36. The number of amides is 2. The van der Waals surface area contributed by atoms with E-state index in [1.165, 1.54) is 0 Å². The van der Waals surface area contributed by atoms with E-state index in [2.05, 4.69) is 9.88 Å². The molecule has 0 bridgehead atoms. The number of aryl methyl sites for hydroxylation is 1. The number of primary amides is 1. The molecular formula is C14H20N4O2. The van der Waals surface area contributed by atoms with E-state index in [0.29, 0.717) is 12.8 Å². The molecule has 20 heavy (non-hydrogen) atoms. The van der Waals surface area contributed by atoms with Crippen LogP contribution in [0.2, 0.25) is 0 Å². The van der Waals surface area contributed by atoms with Crippen molar-refractivity contribution in [1.29, 1.82) is 0 Å². The van der Waals surface area contributed by atoms with Crippen molar-refractivity contribution in [1.82, 2.24) is 9.88 Å². The average Bonchev–Trinajstić information content (AvgIpc) is 2.45. The summed E-state index contributed by atoms with van der Waals surface area (Å²) in [6, 6.07) is 3.89. The largest absolute Gasteiger partial charge is 0.370 e. The van der Waals surface area contributed by atoms with Crippen molar-refractivity contribution in [3.63, 3.8) is 0 Å². The fraction of sp³-hybridized carbons (Fsp3) is 0.500. The Morgan fingerprint density at radius 2 is 2.00 bits per heavy atom. The van der Waals surface area contributed by atoms with E-state index < -0.39 is 0 Å². The molecule has 0 atom stereocenters. The molecule has 6 heteroatoms. The number of nitrogens with zero attached hydrogens (tertiary/aromatic N) is 3. The van der Waals surface area contributed by atoms with Crippen LogP contribution in [0, 0.1) is 0 Å². The van der Waals surface area contributed by atoms with E-state index in [1.807, 2.05) is 17.0 Å². The second-order valence-corrected chi connectivity index (χ2v) is 4.98. The molecule has 1 aromatic heterocycles. The molecule has 2 amide bonds. The zero-order chi connectivity index (χ0) is 14.5. The number of hydrogen-bond acceptors (Lipinski definition) is 4. The first kappa shape index (κ1) is 14.3. The van der Waals surface area contributed by atoms with Crippen molar-refractivity contribution in [2.24, 2.45) is 5.73 Å². The van der Waals surface area contributed by atoms with Crippen molar-refractivity contribution in [2.45, 2.75) is 19.8 Å². The molecule has 1 aliphatic heterocycles. The van der Waals surface area contributed by atoms with Crippen molar-refractivity contribution < 1.29 is 9.59 Å². The minimum Gasteiger partial charge on any atom is -0.370 e. The predicted molar refractivity (Wildman–Crippen MR) is 76.2 cm³/mol. The number of aromatic nitrogens is 1. The Balaban J connectivity index is 1.97. The summed E-state index contributed by atoms with van der Waals surface area (Å²) >= 11 is 0. The zero-order valence-corrected chi connectivity index (χ0v) is 11.7. The van der Waals surface area contributed by atoms with E-state index >= 15 is 0 Å².